The molecule has 0 saturated carbocycles. The van der Waals surface area contributed by atoms with E-state index in [0.29, 0.717) is 17.2 Å². The van der Waals surface area contributed by atoms with Crippen LogP contribution in [0.1, 0.15) is 18.5 Å². The Morgan fingerprint density at radius 3 is 2.50 bits per heavy atom. The maximum absolute atomic E-state index is 5.93. The number of aryl methyl sites for hydroxylation is 1. The maximum Gasteiger partial charge on any atom is 0.224 e. The van der Waals surface area contributed by atoms with Gasteiger partial charge in [0.1, 0.15) is 12.1 Å². The van der Waals surface area contributed by atoms with E-state index in [1.165, 1.54) is 0 Å². The zero-order chi connectivity index (χ0) is 20.7. The zero-order valence-electron chi connectivity index (χ0n) is 17.2. The van der Waals surface area contributed by atoms with Gasteiger partial charge in [-0.2, -0.15) is 9.97 Å². The van der Waals surface area contributed by atoms with Gasteiger partial charge in [-0.15, -0.1) is 0 Å². The highest BCUT2D eigenvalue weighted by Gasteiger charge is 2.26. The molecule has 3 aromatic heterocycles. The lowest BCUT2D eigenvalue weighted by Crippen LogP contribution is -2.49. The predicted octanol–water partition coefficient (Wildman–Crippen LogP) is 0.984. The first-order valence-corrected chi connectivity index (χ1v) is 10.4. The number of hydrogen-bond acceptors (Lipinski definition) is 9. The van der Waals surface area contributed by atoms with Gasteiger partial charge >= 0.3 is 0 Å². The smallest absolute Gasteiger partial charge is 0.224 e. The third-order valence-corrected chi connectivity index (χ3v) is 6.09. The molecule has 2 fully saturated rings. The Balaban J connectivity index is 1.35. The van der Waals surface area contributed by atoms with Gasteiger partial charge in [-0.3, -0.25) is 9.47 Å². The number of rotatable bonds is 3. The van der Waals surface area contributed by atoms with E-state index in [2.05, 4.69) is 36.9 Å². The first kappa shape index (κ1) is 19.0. The summed E-state index contributed by atoms with van der Waals surface area (Å²) in [7, 11) is 0. The largest absolute Gasteiger partial charge is 0.382 e. The van der Waals surface area contributed by atoms with Crippen molar-refractivity contribution < 1.29 is 4.74 Å². The molecular formula is C20H27N9O. The molecule has 0 aliphatic carbocycles. The fraction of sp³-hybridized carbons (Fsp3) is 0.500. The zero-order valence-corrected chi connectivity index (χ0v) is 17.2. The van der Waals surface area contributed by atoms with E-state index < -0.39 is 0 Å². The second-order valence-electron chi connectivity index (χ2n) is 7.89. The molecule has 10 heteroatoms. The van der Waals surface area contributed by atoms with Crippen LogP contribution in [0.5, 0.6) is 0 Å². The summed E-state index contributed by atoms with van der Waals surface area (Å²) in [5.74, 6) is 1.42. The van der Waals surface area contributed by atoms with Crippen LogP contribution in [0.3, 0.4) is 0 Å². The highest BCUT2D eigenvalue weighted by Crippen LogP contribution is 2.26. The van der Waals surface area contributed by atoms with E-state index in [9.17, 15) is 0 Å². The summed E-state index contributed by atoms with van der Waals surface area (Å²) in [4.78, 5) is 22.5. The number of piperidine rings is 1. The molecule has 0 atom stereocenters. The summed E-state index contributed by atoms with van der Waals surface area (Å²) in [6.45, 7) is 7.84. The van der Waals surface area contributed by atoms with Gasteiger partial charge in [0.2, 0.25) is 5.95 Å². The summed E-state index contributed by atoms with van der Waals surface area (Å²) in [6, 6.07) is 4.77. The molecule has 2 saturated heterocycles. The molecule has 5 heterocycles. The van der Waals surface area contributed by atoms with Crippen LogP contribution in [0.25, 0.3) is 16.9 Å². The van der Waals surface area contributed by atoms with Crippen molar-refractivity contribution in [1.29, 1.82) is 0 Å². The number of aromatic nitrogens is 5. The van der Waals surface area contributed by atoms with Crippen molar-refractivity contribution in [2.45, 2.75) is 25.8 Å². The van der Waals surface area contributed by atoms with Gasteiger partial charge < -0.3 is 21.1 Å². The minimum Gasteiger partial charge on any atom is -0.382 e. The number of anilines is 3. The Bertz CT molecular complexity index is 1050. The lowest BCUT2D eigenvalue weighted by atomic mass is 10.0. The molecule has 0 unspecified atom stereocenters. The first-order valence-electron chi connectivity index (χ1n) is 10.4. The quantitative estimate of drug-likeness (QED) is 0.651. The van der Waals surface area contributed by atoms with Gasteiger partial charge in [-0.1, -0.05) is 0 Å². The third kappa shape index (κ3) is 3.41. The standard InChI is InChI=1S/C20H27N9O/c1-13-15(29-12-23-17-18(21)25-20(22)26-19(17)29)2-3-16(24-13)28-6-4-14(5-7-28)27-8-10-30-11-9-27/h2-3,12,14H,4-11H2,1H3,(H4,21,22,25,26). The predicted molar refractivity (Wildman–Crippen MR) is 116 cm³/mol. The van der Waals surface area contributed by atoms with Crippen molar-refractivity contribution >= 4 is 28.7 Å². The minimum atomic E-state index is 0.132. The van der Waals surface area contributed by atoms with E-state index in [4.69, 9.17) is 21.2 Å². The van der Waals surface area contributed by atoms with Crippen LogP contribution in [0.15, 0.2) is 18.5 Å². The molecule has 4 N–H and O–H groups in total. The molecule has 2 aliphatic rings. The molecule has 5 rings (SSSR count). The molecule has 3 aromatic rings. The van der Waals surface area contributed by atoms with Crippen molar-refractivity contribution in [3.8, 4) is 5.69 Å². The van der Waals surface area contributed by atoms with Crippen LogP contribution >= 0.6 is 0 Å². The normalized spacial score (nSPS) is 18.9. The van der Waals surface area contributed by atoms with Crippen LogP contribution in [0, 0.1) is 6.92 Å². The van der Waals surface area contributed by atoms with E-state index >= 15 is 0 Å². The van der Waals surface area contributed by atoms with Crippen LogP contribution in [0.2, 0.25) is 0 Å². The Hall–Kier alpha value is -2.98. The van der Waals surface area contributed by atoms with Gasteiger partial charge in [0.05, 0.1) is 24.6 Å². The SMILES string of the molecule is Cc1nc(N2CCC(N3CCOCC3)CC2)ccc1-n1cnc2c(N)nc(N)nc21. The first-order chi connectivity index (χ1) is 14.6. The second kappa shape index (κ2) is 7.69. The van der Waals surface area contributed by atoms with Crippen LogP contribution in [-0.2, 0) is 4.74 Å². The Morgan fingerprint density at radius 2 is 1.77 bits per heavy atom. The molecule has 2 aliphatic heterocycles. The van der Waals surface area contributed by atoms with Gasteiger partial charge in [0, 0.05) is 32.2 Å². The molecule has 158 valence electrons. The molecule has 0 amide bonds. The molecular weight excluding hydrogens is 382 g/mol. The molecule has 0 spiro atoms. The number of fused-ring (bicyclic) bond motifs is 1. The van der Waals surface area contributed by atoms with Crippen molar-refractivity contribution in [2.75, 3.05) is 55.8 Å². The van der Waals surface area contributed by atoms with E-state index in [1.54, 1.807) is 6.33 Å². The number of imidazole rings is 1. The number of nitrogens with zero attached hydrogens (tertiary/aromatic N) is 7. The average Bonchev–Trinajstić information content (AvgIpc) is 3.18. The van der Waals surface area contributed by atoms with Gasteiger partial charge in [-0.05, 0) is 31.9 Å². The summed E-state index contributed by atoms with van der Waals surface area (Å²) < 4.78 is 7.35. The Morgan fingerprint density at radius 1 is 1.00 bits per heavy atom. The van der Waals surface area contributed by atoms with Crippen LogP contribution in [-0.4, -0.2) is 74.8 Å². The van der Waals surface area contributed by atoms with Crippen LogP contribution in [0.4, 0.5) is 17.6 Å². The van der Waals surface area contributed by atoms with Gasteiger partial charge in [0.15, 0.2) is 17.0 Å². The molecule has 10 nitrogen and oxygen atoms in total. The topological polar surface area (TPSA) is 124 Å². The van der Waals surface area contributed by atoms with Crippen molar-refractivity contribution in [1.82, 2.24) is 29.4 Å². The number of hydrogen-bond donors (Lipinski definition) is 2. The molecule has 0 aromatic carbocycles. The van der Waals surface area contributed by atoms with Crippen molar-refractivity contribution in [3.05, 3.63) is 24.2 Å². The number of morpholine rings is 1. The number of ether oxygens (including phenoxy) is 1. The van der Waals surface area contributed by atoms with Gasteiger partial charge in [0.25, 0.3) is 0 Å². The van der Waals surface area contributed by atoms with Crippen LogP contribution < -0.4 is 16.4 Å². The fourth-order valence-corrected chi connectivity index (χ4v) is 4.49. The van der Waals surface area contributed by atoms with Crippen molar-refractivity contribution in [2.24, 2.45) is 0 Å². The second-order valence-corrected chi connectivity index (χ2v) is 7.89. The monoisotopic (exact) mass is 409 g/mol. The fourth-order valence-electron chi connectivity index (χ4n) is 4.49. The van der Waals surface area contributed by atoms with E-state index in [1.807, 2.05) is 11.5 Å². The minimum absolute atomic E-state index is 0.132. The van der Waals surface area contributed by atoms with Crippen molar-refractivity contribution in [3.63, 3.8) is 0 Å². The van der Waals surface area contributed by atoms with Gasteiger partial charge in [-0.25, -0.2) is 9.97 Å². The third-order valence-electron chi connectivity index (χ3n) is 6.09. The lowest BCUT2D eigenvalue weighted by Gasteiger charge is -2.40. The Kier molecular flexibility index (Phi) is 4.87. The van der Waals surface area contributed by atoms with E-state index in [-0.39, 0.29) is 11.8 Å². The average molecular weight is 409 g/mol. The summed E-state index contributed by atoms with van der Waals surface area (Å²) in [6.07, 6.45) is 4.00. The molecule has 0 radical (unpaired) electrons. The molecule has 0 bridgehead atoms. The summed E-state index contributed by atoms with van der Waals surface area (Å²) in [5, 5.41) is 0. The summed E-state index contributed by atoms with van der Waals surface area (Å²) in [5.41, 5.74) is 14.6. The highest BCUT2D eigenvalue weighted by molar-refractivity contribution is 5.84. The Labute approximate surface area is 174 Å². The lowest BCUT2D eigenvalue weighted by molar-refractivity contribution is 0.0115. The summed E-state index contributed by atoms with van der Waals surface area (Å²) >= 11 is 0. The molecule has 30 heavy (non-hydrogen) atoms. The van der Waals surface area contributed by atoms with E-state index in [0.717, 1.165) is 69.4 Å². The highest BCUT2D eigenvalue weighted by atomic mass is 16.5. The number of pyridine rings is 1. The number of nitrogens with two attached hydrogens (primary N) is 2. The number of nitrogen functional groups attached to an aromatic ring is 2. The maximum atomic E-state index is 5.93.